The van der Waals surface area contributed by atoms with Crippen LogP contribution in [0.25, 0.3) is 0 Å². The van der Waals surface area contributed by atoms with E-state index in [1.165, 1.54) is 11.1 Å². The van der Waals surface area contributed by atoms with Gasteiger partial charge in [-0.2, -0.15) is 0 Å². The van der Waals surface area contributed by atoms with Gasteiger partial charge in [0.15, 0.2) is 0 Å². The fourth-order valence-electron chi connectivity index (χ4n) is 3.52. The van der Waals surface area contributed by atoms with Crippen LogP contribution in [0.15, 0.2) is 30.3 Å². The van der Waals surface area contributed by atoms with Crippen LogP contribution in [0.5, 0.6) is 0 Å². The predicted octanol–water partition coefficient (Wildman–Crippen LogP) is 3.06. The smallest absolute Gasteiger partial charge is 0.134 e. The molecule has 1 aliphatic heterocycles. The van der Waals surface area contributed by atoms with E-state index in [0.717, 1.165) is 43.6 Å². The Balaban J connectivity index is 1.83. The van der Waals surface area contributed by atoms with Gasteiger partial charge in [0.25, 0.3) is 0 Å². The monoisotopic (exact) mass is 339 g/mol. The first-order chi connectivity index (χ1) is 11.8. The van der Waals surface area contributed by atoms with Crippen molar-refractivity contribution in [3.8, 4) is 0 Å². The summed E-state index contributed by atoms with van der Waals surface area (Å²) < 4.78 is 0. The van der Waals surface area contributed by atoms with Gasteiger partial charge < -0.3 is 15.1 Å². The van der Waals surface area contributed by atoms with Gasteiger partial charge >= 0.3 is 0 Å². The fourth-order valence-corrected chi connectivity index (χ4v) is 3.52. The lowest BCUT2D eigenvalue weighted by atomic mass is 9.78. The van der Waals surface area contributed by atoms with E-state index in [-0.39, 0.29) is 5.41 Å². The average molecular weight is 339 g/mol. The Kier molecular flexibility index (Phi) is 4.95. The number of nitrogens with zero attached hydrogens (tertiary/aromatic N) is 4. The van der Waals surface area contributed by atoms with Gasteiger partial charge in [-0.15, -0.1) is 0 Å². The highest BCUT2D eigenvalue weighted by Gasteiger charge is 2.32. The Morgan fingerprint density at radius 2 is 1.96 bits per heavy atom. The van der Waals surface area contributed by atoms with Gasteiger partial charge in [0.2, 0.25) is 0 Å². The maximum absolute atomic E-state index is 4.70. The maximum atomic E-state index is 4.70. The average Bonchev–Trinajstić information content (AvgIpc) is 2.53. The van der Waals surface area contributed by atoms with Crippen molar-refractivity contribution in [2.75, 3.05) is 43.9 Å². The topological polar surface area (TPSA) is 44.3 Å². The van der Waals surface area contributed by atoms with Crippen molar-refractivity contribution in [1.82, 2.24) is 14.9 Å². The van der Waals surface area contributed by atoms with Gasteiger partial charge in [-0.1, -0.05) is 38.1 Å². The van der Waals surface area contributed by atoms with Gasteiger partial charge in [-0.05, 0) is 32.1 Å². The third-order valence-electron chi connectivity index (χ3n) is 4.71. The van der Waals surface area contributed by atoms with E-state index in [1.807, 2.05) is 6.92 Å². The molecule has 0 bridgehead atoms. The molecule has 0 atom stereocenters. The molecule has 5 heteroatoms. The van der Waals surface area contributed by atoms with Crippen molar-refractivity contribution < 1.29 is 0 Å². The molecular formula is C20H29N5. The zero-order chi connectivity index (χ0) is 18.0. The van der Waals surface area contributed by atoms with Crippen molar-refractivity contribution in [3.63, 3.8) is 0 Å². The van der Waals surface area contributed by atoms with Gasteiger partial charge in [0.1, 0.15) is 17.5 Å². The normalized spacial score (nSPS) is 16.0. The lowest BCUT2D eigenvalue weighted by molar-refractivity contribution is 0.425. The second-order valence-corrected chi connectivity index (χ2v) is 7.79. The van der Waals surface area contributed by atoms with Crippen LogP contribution in [0.2, 0.25) is 0 Å². The molecule has 0 spiro atoms. The third-order valence-corrected chi connectivity index (χ3v) is 4.71. The highest BCUT2D eigenvalue weighted by molar-refractivity contribution is 5.53. The molecule has 5 nitrogen and oxygen atoms in total. The molecule has 0 unspecified atom stereocenters. The van der Waals surface area contributed by atoms with Crippen molar-refractivity contribution in [2.45, 2.75) is 32.7 Å². The zero-order valence-electron chi connectivity index (χ0n) is 16.0. The summed E-state index contributed by atoms with van der Waals surface area (Å²) in [6.07, 6.45) is 0. The number of likely N-dealkylation sites (N-methyl/N-ethyl adjacent to an activating group) is 1. The van der Waals surface area contributed by atoms with E-state index in [4.69, 9.17) is 4.98 Å². The molecule has 0 saturated heterocycles. The molecular weight excluding hydrogens is 310 g/mol. The SMILES string of the molecule is Cc1nc(NCCN(C)C)cc(N2Cc3ccccc3C(C)(C)C2)n1. The van der Waals surface area contributed by atoms with Crippen LogP contribution in [-0.2, 0) is 12.0 Å². The number of benzene rings is 1. The fraction of sp³-hybridized carbons (Fsp3) is 0.500. The first kappa shape index (κ1) is 17.7. The first-order valence-corrected chi connectivity index (χ1v) is 8.93. The largest absolute Gasteiger partial charge is 0.369 e. The van der Waals surface area contributed by atoms with Crippen LogP contribution >= 0.6 is 0 Å². The number of nitrogens with one attached hydrogen (secondary N) is 1. The maximum Gasteiger partial charge on any atom is 0.134 e. The van der Waals surface area contributed by atoms with E-state index in [0.29, 0.717) is 0 Å². The molecule has 134 valence electrons. The second-order valence-electron chi connectivity index (χ2n) is 7.79. The Labute approximate surface area is 151 Å². The number of hydrogen-bond donors (Lipinski definition) is 1. The molecule has 0 amide bonds. The Hall–Kier alpha value is -2.14. The number of aromatic nitrogens is 2. The molecule has 0 fully saturated rings. The lowest BCUT2D eigenvalue weighted by Gasteiger charge is -2.40. The molecule has 0 radical (unpaired) electrons. The molecule has 2 heterocycles. The van der Waals surface area contributed by atoms with Crippen molar-refractivity contribution in [2.24, 2.45) is 0 Å². The van der Waals surface area contributed by atoms with Crippen LogP contribution in [0, 0.1) is 6.92 Å². The van der Waals surface area contributed by atoms with Crippen molar-refractivity contribution in [1.29, 1.82) is 0 Å². The molecule has 3 rings (SSSR count). The van der Waals surface area contributed by atoms with Gasteiger partial charge in [-0.3, -0.25) is 0 Å². The highest BCUT2D eigenvalue weighted by atomic mass is 15.2. The third kappa shape index (κ3) is 4.10. The van der Waals surface area contributed by atoms with Crippen LogP contribution in [-0.4, -0.2) is 48.6 Å². The molecule has 1 aliphatic rings. The van der Waals surface area contributed by atoms with Crippen molar-refractivity contribution in [3.05, 3.63) is 47.3 Å². The summed E-state index contributed by atoms with van der Waals surface area (Å²) in [7, 11) is 4.15. The van der Waals surface area contributed by atoms with Gasteiger partial charge in [0, 0.05) is 37.7 Å². The van der Waals surface area contributed by atoms with Crippen LogP contribution in [0.4, 0.5) is 11.6 Å². The molecule has 25 heavy (non-hydrogen) atoms. The van der Waals surface area contributed by atoms with Crippen LogP contribution in [0.1, 0.15) is 30.8 Å². The number of anilines is 2. The number of aryl methyl sites for hydroxylation is 1. The lowest BCUT2D eigenvalue weighted by Crippen LogP contribution is -2.42. The number of rotatable bonds is 5. The molecule has 2 aromatic rings. The van der Waals surface area contributed by atoms with Gasteiger partial charge in [0.05, 0.1) is 0 Å². The van der Waals surface area contributed by atoms with Gasteiger partial charge in [-0.25, -0.2) is 9.97 Å². The van der Waals surface area contributed by atoms with E-state index in [9.17, 15) is 0 Å². The minimum Gasteiger partial charge on any atom is -0.369 e. The predicted molar refractivity (Wildman–Crippen MR) is 104 cm³/mol. The van der Waals surface area contributed by atoms with Crippen molar-refractivity contribution >= 4 is 11.6 Å². The minimum absolute atomic E-state index is 0.103. The highest BCUT2D eigenvalue weighted by Crippen LogP contribution is 2.35. The number of hydrogen-bond acceptors (Lipinski definition) is 5. The minimum atomic E-state index is 0.103. The Morgan fingerprint density at radius 3 is 2.72 bits per heavy atom. The molecule has 0 aliphatic carbocycles. The first-order valence-electron chi connectivity index (χ1n) is 8.93. The molecule has 1 N–H and O–H groups in total. The molecule has 0 saturated carbocycles. The summed E-state index contributed by atoms with van der Waals surface area (Å²) in [6, 6.07) is 10.8. The Bertz CT molecular complexity index is 739. The summed E-state index contributed by atoms with van der Waals surface area (Å²) in [5.74, 6) is 2.71. The zero-order valence-corrected chi connectivity index (χ0v) is 16.0. The standard InChI is InChI=1S/C20H29N5/c1-15-22-18(21-10-11-24(4)5)12-19(23-15)25-13-16-8-6-7-9-17(16)20(2,3)14-25/h6-9,12H,10-11,13-14H2,1-5H3,(H,21,22,23). The van der Waals surface area contributed by atoms with E-state index in [2.05, 4.69) is 78.4 Å². The summed E-state index contributed by atoms with van der Waals surface area (Å²) in [6.45, 7) is 10.3. The number of fused-ring (bicyclic) bond motifs is 1. The van der Waals surface area contributed by atoms with Crippen LogP contribution in [0.3, 0.4) is 0 Å². The van der Waals surface area contributed by atoms with E-state index < -0.39 is 0 Å². The quantitative estimate of drug-likeness (QED) is 0.907. The van der Waals surface area contributed by atoms with E-state index in [1.54, 1.807) is 0 Å². The molecule has 1 aromatic carbocycles. The van der Waals surface area contributed by atoms with E-state index >= 15 is 0 Å². The molecule has 1 aromatic heterocycles. The van der Waals surface area contributed by atoms with Crippen LogP contribution < -0.4 is 10.2 Å². The summed E-state index contributed by atoms with van der Waals surface area (Å²) in [5.41, 5.74) is 2.94. The Morgan fingerprint density at radius 1 is 1.20 bits per heavy atom. The second kappa shape index (κ2) is 7.00. The summed E-state index contributed by atoms with van der Waals surface area (Å²) in [4.78, 5) is 13.8. The summed E-state index contributed by atoms with van der Waals surface area (Å²) in [5, 5.41) is 3.42. The summed E-state index contributed by atoms with van der Waals surface area (Å²) >= 11 is 0.